The van der Waals surface area contributed by atoms with Crippen LogP contribution in [0.15, 0.2) is 18.3 Å². The monoisotopic (exact) mass is 221 g/mol. The van der Waals surface area contributed by atoms with Crippen molar-refractivity contribution >= 4 is 5.82 Å². The highest BCUT2D eigenvalue weighted by Gasteiger charge is 2.13. The molecule has 16 heavy (non-hydrogen) atoms. The van der Waals surface area contributed by atoms with Crippen molar-refractivity contribution in [1.29, 1.82) is 0 Å². The van der Waals surface area contributed by atoms with Gasteiger partial charge in [-0.25, -0.2) is 4.98 Å². The molecule has 1 aromatic rings. The lowest BCUT2D eigenvalue weighted by atomic mass is 10.1. The van der Waals surface area contributed by atoms with E-state index in [1.807, 2.05) is 19.2 Å². The number of hydrogen-bond acceptors (Lipinski definition) is 3. The zero-order valence-corrected chi connectivity index (χ0v) is 10.8. The Morgan fingerprint density at radius 3 is 2.56 bits per heavy atom. The van der Waals surface area contributed by atoms with Gasteiger partial charge in [0.1, 0.15) is 5.82 Å². The third kappa shape index (κ3) is 2.95. The number of anilines is 1. The molecule has 1 aromatic heterocycles. The minimum absolute atomic E-state index is 0.0670. The number of pyridine rings is 1. The second-order valence-corrected chi connectivity index (χ2v) is 4.28. The van der Waals surface area contributed by atoms with Gasteiger partial charge in [-0.2, -0.15) is 0 Å². The SMILES string of the molecule is CCC(C)N(CC)c1cc(C(C)N)ccn1. The number of nitrogens with zero attached hydrogens (tertiary/aromatic N) is 2. The lowest BCUT2D eigenvalue weighted by Crippen LogP contribution is -2.33. The highest BCUT2D eigenvalue weighted by molar-refractivity contribution is 5.42. The number of nitrogens with two attached hydrogens (primary N) is 1. The van der Waals surface area contributed by atoms with Crippen LogP contribution in [0.4, 0.5) is 5.82 Å². The van der Waals surface area contributed by atoms with Crippen molar-refractivity contribution in [2.45, 2.75) is 46.2 Å². The van der Waals surface area contributed by atoms with Gasteiger partial charge in [0.05, 0.1) is 0 Å². The van der Waals surface area contributed by atoms with E-state index >= 15 is 0 Å². The van der Waals surface area contributed by atoms with Gasteiger partial charge in [-0.3, -0.25) is 0 Å². The van der Waals surface area contributed by atoms with Gasteiger partial charge in [-0.15, -0.1) is 0 Å². The predicted octanol–water partition coefficient (Wildman–Crippen LogP) is 2.73. The molecular weight excluding hydrogens is 198 g/mol. The molecule has 0 amide bonds. The molecule has 90 valence electrons. The topological polar surface area (TPSA) is 42.1 Å². The number of rotatable bonds is 5. The van der Waals surface area contributed by atoms with E-state index in [1.54, 1.807) is 0 Å². The lowest BCUT2D eigenvalue weighted by Gasteiger charge is -2.28. The third-order valence-electron chi connectivity index (χ3n) is 3.05. The Kier molecular flexibility index (Phi) is 4.74. The summed E-state index contributed by atoms with van der Waals surface area (Å²) in [4.78, 5) is 6.74. The first-order chi connectivity index (χ1) is 7.60. The Balaban J connectivity index is 2.96. The summed E-state index contributed by atoms with van der Waals surface area (Å²) in [7, 11) is 0. The first-order valence-corrected chi connectivity index (χ1v) is 6.08. The molecule has 2 atom stereocenters. The van der Waals surface area contributed by atoms with Crippen LogP contribution < -0.4 is 10.6 Å². The van der Waals surface area contributed by atoms with E-state index < -0.39 is 0 Å². The molecule has 2 unspecified atom stereocenters. The van der Waals surface area contributed by atoms with Crippen molar-refractivity contribution in [1.82, 2.24) is 4.98 Å². The molecule has 0 fully saturated rings. The normalized spacial score (nSPS) is 14.6. The van der Waals surface area contributed by atoms with Crippen LogP contribution in [0.1, 0.15) is 45.7 Å². The summed E-state index contributed by atoms with van der Waals surface area (Å²) < 4.78 is 0. The minimum Gasteiger partial charge on any atom is -0.354 e. The van der Waals surface area contributed by atoms with Gasteiger partial charge >= 0.3 is 0 Å². The van der Waals surface area contributed by atoms with E-state index in [9.17, 15) is 0 Å². The third-order valence-corrected chi connectivity index (χ3v) is 3.05. The minimum atomic E-state index is 0.0670. The van der Waals surface area contributed by atoms with Crippen molar-refractivity contribution in [3.63, 3.8) is 0 Å². The van der Waals surface area contributed by atoms with Crippen molar-refractivity contribution in [2.75, 3.05) is 11.4 Å². The van der Waals surface area contributed by atoms with Crippen molar-refractivity contribution in [3.05, 3.63) is 23.9 Å². The summed E-state index contributed by atoms with van der Waals surface area (Å²) in [6, 6.07) is 4.66. The van der Waals surface area contributed by atoms with E-state index in [0.29, 0.717) is 6.04 Å². The van der Waals surface area contributed by atoms with Gasteiger partial charge < -0.3 is 10.6 Å². The molecule has 0 radical (unpaired) electrons. The fraction of sp³-hybridized carbons (Fsp3) is 0.615. The van der Waals surface area contributed by atoms with Crippen LogP contribution in [-0.2, 0) is 0 Å². The van der Waals surface area contributed by atoms with E-state index in [1.165, 1.54) is 0 Å². The molecule has 0 aliphatic carbocycles. The predicted molar refractivity (Wildman–Crippen MR) is 69.6 cm³/mol. The first-order valence-electron chi connectivity index (χ1n) is 6.08. The zero-order chi connectivity index (χ0) is 12.1. The van der Waals surface area contributed by atoms with Crippen molar-refractivity contribution < 1.29 is 0 Å². The molecule has 0 aliphatic heterocycles. The Morgan fingerprint density at radius 1 is 1.38 bits per heavy atom. The van der Waals surface area contributed by atoms with Crippen LogP contribution in [0, 0.1) is 0 Å². The Labute approximate surface area is 98.7 Å². The van der Waals surface area contributed by atoms with Gasteiger partial charge in [0, 0.05) is 24.8 Å². The summed E-state index contributed by atoms with van der Waals surface area (Å²) >= 11 is 0. The Hall–Kier alpha value is -1.09. The van der Waals surface area contributed by atoms with E-state index in [0.717, 1.165) is 24.3 Å². The lowest BCUT2D eigenvalue weighted by molar-refractivity contribution is 0.622. The molecule has 3 heteroatoms. The molecule has 0 aliphatic rings. The molecule has 0 aromatic carbocycles. The number of aromatic nitrogens is 1. The standard InChI is InChI=1S/C13H23N3/c1-5-10(3)16(6-2)13-9-12(11(4)14)7-8-15-13/h7-11H,5-6,14H2,1-4H3. The zero-order valence-electron chi connectivity index (χ0n) is 10.8. The highest BCUT2D eigenvalue weighted by Crippen LogP contribution is 2.19. The molecule has 0 spiro atoms. The maximum Gasteiger partial charge on any atom is 0.129 e. The summed E-state index contributed by atoms with van der Waals surface area (Å²) in [6.45, 7) is 9.56. The largest absolute Gasteiger partial charge is 0.354 e. The second-order valence-electron chi connectivity index (χ2n) is 4.28. The fourth-order valence-corrected chi connectivity index (χ4v) is 1.79. The van der Waals surface area contributed by atoms with Gasteiger partial charge in [-0.05, 0) is 44.9 Å². The molecule has 3 nitrogen and oxygen atoms in total. The smallest absolute Gasteiger partial charge is 0.129 e. The molecule has 0 saturated carbocycles. The quantitative estimate of drug-likeness (QED) is 0.831. The van der Waals surface area contributed by atoms with Crippen molar-refractivity contribution in [2.24, 2.45) is 5.73 Å². The Bertz CT molecular complexity index is 323. The van der Waals surface area contributed by atoms with Crippen molar-refractivity contribution in [3.8, 4) is 0 Å². The van der Waals surface area contributed by atoms with Crippen LogP contribution in [-0.4, -0.2) is 17.6 Å². The molecular formula is C13H23N3. The van der Waals surface area contributed by atoms with Crippen LogP contribution in [0.5, 0.6) is 0 Å². The second kappa shape index (κ2) is 5.85. The van der Waals surface area contributed by atoms with Crippen LogP contribution in [0.2, 0.25) is 0 Å². The summed E-state index contributed by atoms with van der Waals surface area (Å²) in [5, 5.41) is 0. The maximum atomic E-state index is 5.89. The van der Waals surface area contributed by atoms with Crippen LogP contribution >= 0.6 is 0 Å². The highest BCUT2D eigenvalue weighted by atomic mass is 15.2. The number of hydrogen-bond donors (Lipinski definition) is 1. The summed E-state index contributed by atoms with van der Waals surface area (Å²) in [6.07, 6.45) is 2.97. The average molecular weight is 221 g/mol. The van der Waals surface area contributed by atoms with E-state index in [-0.39, 0.29) is 6.04 Å². The maximum absolute atomic E-state index is 5.89. The molecule has 1 heterocycles. The summed E-state index contributed by atoms with van der Waals surface area (Å²) in [5.41, 5.74) is 7.03. The van der Waals surface area contributed by atoms with Gasteiger partial charge in [0.2, 0.25) is 0 Å². The van der Waals surface area contributed by atoms with Crippen LogP contribution in [0.25, 0.3) is 0 Å². The van der Waals surface area contributed by atoms with Gasteiger partial charge in [0.25, 0.3) is 0 Å². The summed E-state index contributed by atoms with van der Waals surface area (Å²) in [5.74, 6) is 1.03. The molecule has 2 N–H and O–H groups in total. The fourth-order valence-electron chi connectivity index (χ4n) is 1.79. The van der Waals surface area contributed by atoms with E-state index in [2.05, 4.69) is 36.7 Å². The van der Waals surface area contributed by atoms with E-state index in [4.69, 9.17) is 5.73 Å². The average Bonchev–Trinajstić information content (AvgIpc) is 2.30. The first kappa shape index (κ1) is 13.0. The van der Waals surface area contributed by atoms with Gasteiger partial charge in [-0.1, -0.05) is 6.92 Å². The molecule has 0 saturated heterocycles. The van der Waals surface area contributed by atoms with Gasteiger partial charge in [0.15, 0.2) is 0 Å². The molecule has 1 rings (SSSR count). The van der Waals surface area contributed by atoms with Crippen LogP contribution in [0.3, 0.4) is 0 Å². The Morgan fingerprint density at radius 2 is 2.06 bits per heavy atom. The molecule has 0 bridgehead atoms.